The maximum atomic E-state index is 5.21. The summed E-state index contributed by atoms with van der Waals surface area (Å²) in [5, 5.41) is 3.46. The van der Waals surface area contributed by atoms with Gasteiger partial charge in [0.2, 0.25) is 0 Å². The molecule has 19 heavy (non-hydrogen) atoms. The predicted molar refractivity (Wildman–Crippen MR) is 80.9 cm³/mol. The molecule has 0 aromatic heterocycles. The number of benzene rings is 2. The molecule has 2 rings (SSSR count). The molecule has 2 heteroatoms. The van der Waals surface area contributed by atoms with Gasteiger partial charge in [0.05, 0.1) is 7.11 Å². The highest BCUT2D eigenvalue weighted by atomic mass is 16.5. The van der Waals surface area contributed by atoms with Gasteiger partial charge in [-0.25, -0.2) is 0 Å². The zero-order valence-electron chi connectivity index (χ0n) is 11.9. The largest absolute Gasteiger partial charge is 0.497 e. The number of methoxy groups -OCH3 is 1. The molecule has 2 aromatic carbocycles. The quantitative estimate of drug-likeness (QED) is 0.865. The van der Waals surface area contributed by atoms with Crippen molar-refractivity contribution < 1.29 is 4.74 Å². The van der Waals surface area contributed by atoms with E-state index in [0.29, 0.717) is 0 Å². The number of hydrogen-bond acceptors (Lipinski definition) is 2. The molecule has 2 aromatic rings. The third kappa shape index (κ3) is 3.50. The summed E-state index contributed by atoms with van der Waals surface area (Å²) in [5.41, 5.74) is 5.03. The van der Waals surface area contributed by atoms with Crippen molar-refractivity contribution in [2.24, 2.45) is 0 Å². The van der Waals surface area contributed by atoms with Crippen molar-refractivity contribution in [3.05, 3.63) is 59.2 Å². The Morgan fingerprint density at radius 3 is 2.26 bits per heavy atom. The van der Waals surface area contributed by atoms with Crippen LogP contribution in [0.15, 0.2) is 42.5 Å². The van der Waals surface area contributed by atoms with Gasteiger partial charge in [0.1, 0.15) is 5.75 Å². The fourth-order valence-corrected chi connectivity index (χ4v) is 2.05. The summed E-state index contributed by atoms with van der Waals surface area (Å²) in [6, 6.07) is 14.8. The van der Waals surface area contributed by atoms with Gasteiger partial charge in [-0.2, -0.15) is 0 Å². The molecule has 0 amide bonds. The van der Waals surface area contributed by atoms with Crippen LogP contribution in [0.1, 0.15) is 23.6 Å². The molecule has 0 saturated carbocycles. The Hall–Kier alpha value is -1.96. The second kappa shape index (κ2) is 6.28. The monoisotopic (exact) mass is 255 g/mol. The molecule has 0 heterocycles. The van der Waals surface area contributed by atoms with E-state index in [1.807, 2.05) is 12.1 Å². The number of aryl methyl sites for hydroxylation is 2. The van der Waals surface area contributed by atoms with E-state index in [2.05, 4.69) is 49.5 Å². The smallest absolute Gasteiger partial charge is 0.119 e. The molecule has 0 aliphatic heterocycles. The fourth-order valence-electron chi connectivity index (χ4n) is 2.05. The second-order valence-electron chi connectivity index (χ2n) is 4.70. The van der Waals surface area contributed by atoms with E-state index >= 15 is 0 Å². The van der Waals surface area contributed by atoms with Gasteiger partial charge in [0.25, 0.3) is 0 Å². The van der Waals surface area contributed by atoms with Crippen LogP contribution in [0.3, 0.4) is 0 Å². The zero-order valence-corrected chi connectivity index (χ0v) is 11.9. The van der Waals surface area contributed by atoms with Gasteiger partial charge >= 0.3 is 0 Å². The zero-order chi connectivity index (χ0) is 13.7. The minimum Gasteiger partial charge on any atom is -0.497 e. The fraction of sp³-hybridized carbons (Fsp3) is 0.294. The summed E-state index contributed by atoms with van der Waals surface area (Å²) in [6.45, 7) is 5.11. The topological polar surface area (TPSA) is 21.3 Å². The highest BCUT2D eigenvalue weighted by Crippen LogP contribution is 2.21. The molecule has 0 radical (unpaired) electrons. The summed E-state index contributed by atoms with van der Waals surface area (Å²) in [4.78, 5) is 0. The van der Waals surface area contributed by atoms with Gasteiger partial charge in [-0.05, 0) is 48.2 Å². The van der Waals surface area contributed by atoms with Gasteiger partial charge in [-0.15, -0.1) is 0 Å². The van der Waals surface area contributed by atoms with Crippen molar-refractivity contribution in [3.8, 4) is 5.75 Å². The van der Waals surface area contributed by atoms with E-state index in [1.165, 1.54) is 16.7 Å². The van der Waals surface area contributed by atoms with E-state index in [1.54, 1.807) is 7.11 Å². The van der Waals surface area contributed by atoms with Crippen molar-refractivity contribution in [2.45, 2.75) is 26.8 Å². The van der Waals surface area contributed by atoms with E-state index in [4.69, 9.17) is 4.74 Å². The molecule has 0 aliphatic carbocycles. The standard InChI is InChI=1S/C17H21NO/c1-4-14-5-7-15(8-6-14)12-18-17-10-9-16(19-3)11-13(17)2/h5-11,18H,4,12H2,1-3H3. The summed E-state index contributed by atoms with van der Waals surface area (Å²) >= 11 is 0. The normalized spacial score (nSPS) is 10.3. The number of ether oxygens (including phenoxy) is 1. The van der Waals surface area contributed by atoms with Crippen LogP contribution in [0, 0.1) is 6.92 Å². The van der Waals surface area contributed by atoms with Gasteiger partial charge in [0.15, 0.2) is 0 Å². The van der Waals surface area contributed by atoms with Crippen molar-refractivity contribution in [3.63, 3.8) is 0 Å². The maximum absolute atomic E-state index is 5.21. The third-order valence-electron chi connectivity index (χ3n) is 3.35. The van der Waals surface area contributed by atoms with Crippen molar-refractivity contribution in [1.29, 1.82) is 0 Å². The minimum atomic E-state index is 0.844. The summed E-state index contributed by atoms with van der Waals surface area (Å²) in [6.07, 6.45) is 1.09. The molecule has 0 spiro atoms. The summed E-state index contributed by atoms with van der Waals surface area (Å²) < 4.78 is 5.21. The van der Waals surface area contributed by atoms with E-state index < -0.39 is 0 Å². The first-order valence-electron chi connectivity index (χ1n) is 6.69. The molecule has 0 bridgehead atoms. The van der Waals surface area contributed by atoms with Crippen LogP contribution < -0.4 is 10.1 Å². The highest BCUT2D eigenvalue weighted by molar-refractivity contribution is 5.53. The van der Waals surface area contributed by atoms with Crippen molar-refractivity contribution >= 4 is 5.69 Å². The Labute approximate surface area is 115 Å². The number of anilines is 1. The Balaban J connectivity index is 2.01. The highest BCUT2D eigenvalue weighted by Gasteiger charge is 2.00. The molecule has 0 saturated heterocycles. The van der Waals surface area contributed by atoms with Gasteiger partial charge in [-0.1, -0.05) is 31.2 Å². The van der Waals surface area contributed by atoms with E-state index in [0.717, 1.165) is 24.4 Å². The lowest BCUT2D eigenvalue weighted by Crippen LogP contribution is -2.01. The van der Waals surface area contributed by atoms with Crippen LogP contribution in [0.5, 0.6) is 5.75 Å². The lowest BCUT2D eigenvalue weighted by Gasteiger charge is -2.11. The molecular formula is C17H21NO. The van der Waals surface area contributed by atoms with Crippen LogP contribution in [0.4, 0.5) is 5.69 Å². The molecule has 2 nitrogen and oxygen atoms in total. The summed E-state index contributed by atoms with van der Waals surface area (Å²) in [7, 11) is 1.69. The van der Waals surface area contributed by atoms with Crippen molar-refractivity contribution in [2.75, 3.05) is 12.4 Å². The number of hydrogen-bond donors (Lipinski definition) is 1. The Kier molecular flexibility index (Phi) is 4.45. The SMILES string of the molecule is CCc1ccc(CNc2ccc(OC)cc2C)cc1. The lowest BCUT2D eigenvalue weighted by molar-refractivity contribution is 0.414. The van der Waals surface area contributed by atoms with E-state index in [9.17, 15) is 0 Å². The molecule has 100 valence electrons. The molecule has 0 atom stereocenters. The van der Waals surface area contributed by atoms with Gasteiger partial charge < -0.3 is 10.1 Å². The van der Waals surface area contributed by atoms with Crippen LogP contribution >= 0.6 is 0 Å². The maximum Gasteiger partial charge on any atom is 0.119 e. The average molecular weight is 255 g/mol. The van der Waals surface area contributed by atoms with Crippen LogP contribution in [-0.2, 0) is 13.0 Å². The first-order valence-corrected chi connectivity index (χ1v) is 6.69. The number of nitrogens with one attached hydrogen (secondary N) is 1. The lowest BCUT2D eigenvalue weighted by atomic mass is 10.1. The van der Waals surface area contributed by atoms with Crippen LogP contribution in [0.2, 0.25) is 0 Å². The minimum absolute atomic E-state index is 0.844. The molecule has 0 aliphatic rings. The van der Waals surface area contributed by atoms with Crippen molar-refractivity contribution in [1.82, 2.24) is 0 Å². The average Bonchev–Trinajstić information content (AvgIpc) is 2.46. The van der Waals surface area contributed by atoms with Gasteiger partial charge in [-0.3, -0.25) is 0 Å². The summed E-state index contributed by atoms with van der Waals surface area (Å²) in [5.74, 6) is 0.898. The number of rotatable bonds is 5. The first-order chi connectivity index (χ1) is 9.22. The second-order valence-corrected chi connectivity index (χ2v) is 4.70. The van der Waals surface area contributed by atoms with Gasteiger partial charge in [0, 0.05) is 12.2 Å². The first kappa shape index (κ1) is 13.5. The van der Waals surface area contributed by atoms with Crippen LogP contribution in [0.25, 0.3) is 0 Å². The molecule has 0 fully saturated rings. The predicted octanol–water partition coefficient (Wildman–Crippen LogP) is 4.18. The molecule has 0 unspecified atom stereocenters. The molecular weight excluding hydrogens is 234 g/mol. The van der Waals surface area contributed by atoms with Crippen LogP contribution in [-0.4, -0.2) is 7.11 Å². The molecule has 1 N–H and O–H groups in total. The Morgan fingerprint density at radius 2 is 1.68 bits per heavy atom. The Morgan fingerprint density at radius 1 is 1.00 bits per heavy atom. The Bertz CT molecular complexity index is 531. The van der Waals surface area contributed by atoms with E-state index in [-0.39, 0.29) is 0 Å². The third-order valence-corrected chi connectivity index (χ3v) is 3.35.